The Labute approximate surface area is 168 Å². The average molecular weight is 390 g/mol. The molecule has 0 radical (unpaired) electrons. The van der Waals surface area contributed by atoms with Gasteiger partial charge in [0, 0.05) is 25.0 Å². The van der Waals surface area contributed by atoms with Gasteiger partial charge < -0.3 is 14.1 Å². The van der Waals surface area contributed by atoms with Crippen molar-refractivity contribution in [1.82, 2.24) is 19.9 Å². The van der Waals surface area contributed by atoms with Gasteiger partial charge in [0.2, 0.25) is 11.8 Å². The minimum Gasteiger partial charge on any atom is -0.472 e. The van der Waals surface area contributed by atoms with E-state index in [0.717, 1.165) is 31.4 Å². The molecule has 0 N–H and O–H groups in total. The molecule has 29 heavy (non-hydrogen) atoms. The standard InChI is InChI=1S/C22H22N4O3/c1-14-4-7-19(25-12-14)29-18-11-15-5-6-17(18)26(13-15)22(27)20-16(3-2-8-23-20)21-24-9-10-28-21/h2-4,7-10,12,15,17-18H,5-6,11,13H2,1H3. The van der Waals surface area contributed by atoms with Crippen LogP contribution >= 0.6 is 0 Å². The number of piperidine rings is 2. The Morgan fingerprint density at radius 1 is 1.17 bits per heavy atom. The van der Waals surface area contributed by atoms with E-state index in [0.29, 0.717) is 28.9 Å². The predicted molar refractivity (Wildman–Crippen MR) is 105 cm³/mol. The van der Waals surface area contributed by atoms with E-state index in [4.69, 9.17) is 9.15 Å². The van der Waals surface area contributed by atoms with Crippen molar-refractivity contribution < 1.29 is 13.9 Å². The van der Waals surface area contributed by atoms with E-state index < -0.39 is 0 Å². The van der Waals surface area contributed by atoms with Crippen molar-refractivity contribution in [2.75, 3.05) is 6.54 Å². The topological polar surface area (TPSA) is 81.4 Å². The van der Waals surface area contributed by atoms with Crippen LogP contribution in [0.25, 0.3) is 11.5 Å². The number of ether oxygens (including phenoxy) is 1. The SMILES string of the molecule is Cc1ccc(OC2CC3CCC2N(C(=O)c2ncccc2-c2ncco2)C3)nc1. The molecule has 7 nitrogen and oxygen atoms in total. The maximum atomic E-state index is 13.5. The Balaban J connectivity index is 1.41. The van der Waals surface area contributed by atoms with Crippen LogP contribution in [-0.2, 0) is 0 Å². The molecule has 0 aromatic carbocycles. The highest BCUT2D eigenvalue weighted by Gasteiger charge is 2.45. The Morgan fingerprint density at radius 2 is 2.10 bits per heavy atom. The van der Waals surface area contributed by atoms with E-state index in [9.17, 15) is 4.79 Å². The van der Waals surface area contributed by atoms with Gasteiger partial charge in [-0.2, -0.15) is 0 Å². The van der Waals surface area contributed by atoms with Crippen molar-refractivity contribution >= 4 is 5.91 Å². The summed E-state index contributed by atoms with van der Waals surface area (Å²) in [6.45, 7) is 2.73. The van der Waals surface area contributed by atoms with E-state index in [-0.39, 0.29) is 18.1 Å². The van der Waals surface area contributed by atoms with Crippen LogP contribution in [0.3, 0.4) is 0 Å². The zero-order valence-electron chi connectivity index (χ0n) is 16.2. The summed E-state index contributed by atoms with van der Waals surface area (Å²) in [6.07, 6.45) is 9.42. The summed E-state index contributed by atoms with van der Waals surface area (Å²) in [4.78, 5) is 28.3. The summed E-state index contributed by atoms with van der Waals surface area (Å²) in [7, 11) is 0. The van der Waals surface area contributed by atoms with E-state index >= 15 is 0 Å². The summed E-state index contributed by atoms with van der Waals surface area (Å²) in [5, 5.41) is 0. The second-order valence-corrected chi connectivity index (χ2v) is 7.77. The lowest BCUT2D eigenvalue weighted by atomic mass is 9.77. The van der Waals surface area contributed by atoms with Gasteiger partial charge in [-0.3, -0.25) is 9.78 Å². The summed E-state index contributed by atoms with van der Waals surface area (Å²) in [5.74, 6) is 1.34. The van der Waals surface area contributed by atoms with Crippen LogP contribution in [-0.4, -0.2) is 44.4 Å². The largest absolute Gasteiger partial charge is 0.472 e. The van der Waals surface area contributed by atoms with Gasteiger partial charge >= 0.3 is 0 Å². The second-order valence-electron chi connectivity index (χ2n) is 7.77. The molecule has 1 amide bonds. The van der Waals surface area contributed by atoms with Crippen LogP contribution in [0.15, 0.2) is 53.5 Å². The lowest BCUT2D eigenvalue weighted by Crippen LogP contribution is -2.59. The molecule has 6 rings (SSSR count). The fraction of sp³-hybridized carbons (Fsp3) is 0.364. The fourth-order valence-corrected chi connectivity index (χ4v) is 4.41. The normalized spacial score (nSPS) is 23.2. The Kier molecular flexibility index (Phi) is 4.50. The van der Waals surface area contributed by atoms with Gasteiger partial charge in [-0.15, -0.1) is 0 Å². The second kappa shape index (κ2) is 7.31. The molecule has 2 saturated heterocycles. The molecular formula is C22H22N4O3. The lowest BCUT2D eigenvalue weighted by molar-refractivity contribution is -0.0315. The third-order valence-electron chi connectivity index (χ3n) is 5.81. The molecular weight excluding hydrogens is 368 g/mol. The maximum Gasteiger partial charge on any atom is 0.273 e. The van der Waals surface area contributed by atoms with Gasteiger partial charge in [-0.05, 0) is 49.8 Å². The molecule has 148 valence electrons. The van der Waals surface area contributed by atoms with E-state index in [1.165, 1.54) is 6.26 Å². The molecule has 2 bridgehead atoms. The number of hydrogen-bond donors (Lipinski definition) is 0. The number of carbonyl (C=O) groups excluding carboxylic acids is 1. The number of fused-ring (bicyclic) bond motifs is 3. The Hall–Kier alpha value is -3.22. The number of aromatic nitrogens is 3. The fourth-order valence-electron chi connectivity index (χ4n) is 4.41. The monoisotopic (exact) mass is 390 g/mol. The summed E-state index contributed by atoms with van der Waals surface area (Å²) >= 11 is 0. The maximum absolute atomic E-state index is 13.5. The van der Waals surface area contributed by atoms with Gasteiger partial charge in [0.05, 0.1) is 17.8 Å². The summed E-state index contributed by atoms with van der Waals surface area (Å²) in [5.41, 5.74) is 2.07. The molecule has 3 atom stereocenters. The van der Waals surface area contributed by atoms with Gasteiger partial charge in [0.25, 0.3) is 5.91 Å². The van der Waals surface area contributed by atoms with Crippen molar-refractivity contribution in [1.29, 1.82) is 0 Å². The van der Waals surface area contributed by atoms with Gasteiger partial charge in [-0.1, -0.05) is 6.07 Å². The number of aryl methyl sites for hydroxylation is 1. The molecule has 1 saturated carbocycles. The number of hydrogen-bond acceptors (Lipinski definition) is 6. The van der Waals surface area contributed by atoms with Crippen LogP contribution in [0, 0.1) is 12.8 Å². The Bertz CT molecular complexity index is 1000. The number of rotatable bonds is 4. The molecule has 3 aromatic rings. The zero-order chi connectivity index (χ0) is 19.8. The van der Waals surface area contributed by atoms with Gasteiger partial charge in [-0.25, -0.2) is 9.97 Å². The van der Waals surface area contributed by atoms with Crippen LogP contribution in [0.1, 0.15) is 35.3 Å². The minimum absolute atomic E-state index is 0.00928. The van der Waals surface area contributed by atoms with Crippen molar-refractivity contribution in [2.45, 2.75) is 38.3 Å². The van der Waals surface area contributed by atoms with Gasteiger partial charge in [0.15, 0.2) is 0 Å². The number of nitrogens with zero attached hydrogens (tertiary/aromatic N) is 4. The van der Waals surface area contributed by atoms with E-state index in [1.807, 2.05) is 30.0 Å². The number of pyridine rings is 2. The van der Waals surface area contributed by atoms with Gasteiger partial charge in [0.1, 0.15) is 18.1 Å². The predicted octanol–water partition coefficient (Wildman–Crippen LogP) is 3.51. The third kappa shape index (κ3) is 3.37. The highest BCUT2D eigenvalue weighted by Crippen LogP contribution is 2.38. The third-order valence-corrected chi connectivity index (χ3v) is 5.81. The van der Waals surface area contributed by atoms with Crippen molar-refractivity contribution in [2.24, 2.45) is 5.92 Å². The molecule has 7 heteroatoms. The van der Waals surface area contributed by atoms with Crippen LogP contribution in [0.2, 0.25) is 0 Å². The lowest BCUT2D eigenvalue weighted by Gasteiger charge is -2.49. The van der Waals surface area contributed by atoms with E-state index in [1.54, 1.807) is 24.7 Å². The molecule has 0 spiro atoms. The first-order chi connectivity index (χ1) is 14.2. The Morgan fingerprint density at radius 3 is 2.86 bits per heavy atom. The smallest absolute Gasteiger partial charge is 0.273 e. The van der Waals surface area contributed by atoms with Crippen LogP contribution < -0.4 is 4.74 Å². The van der Waals surface area contributed by atoms with Crippen molar-refractivity contribution in [3.63, 3.8) is 0 Å². The van der Waals surface area contributed by atoms with Crippen LogP contribution in [0.4, 0.5) is 0 Å². The molecule has 1 aliphatic carbocycles. The molecule has 3 unspecified atom stereocenters. The molecule has 5 heterocycles. The highest BCUT2D eigenvalue weighted by molar-refractivity contribution is 5.98. The first kappa shape index (κ1) is 17.8. The molecule has 3 aliphatic rings. The number of carbonyl (C=O) groups is 1. The molecule has 3 aromatic heterocycles. The highest BCUT2D eigenvalue weighted by atomic mass is 16.5. The zero-order valence-corrected chi connectivity index (χ0v) is 16.2. The average Bonchev–Trinajstić information content (AvgIpc) is 3.30. The first-order valence-electron chi connectivity index (χ1n) is 9.94. The summed E-state index contributed by atoms with van der Waals surface area (Å²) < 4.78 is 11.6. The van der Waals surface area contributed by atoms with Crippen molar-refractivity contribution in [3.8, 4) is 17.3 Å². The van der Waals surface area contributed by atoms with Crippen LogP contribution in [0.5, 0.6) is 5.88 Å². The quantitative estimate of drug-likeness (QED) is 0.678. The number of oxazole rings is 1. The minimum atomic E-state index is -0.0985. The summed E-state index contributed by atoms with van der Waals surface area (Å²) in [6, 6.07) is 7.49. The molecule has 2 aliphatic heterocycles. The van der Waals surface area contributed by atoms with E-state index in [2.05, 4.69) is 15.0 Å². The first-order valence-corrected chi connectivity index (χ1v) is 9.94. The number of amides is 1. The molecule has 3 fully saturated rings. The van der Waals surface area contributed by atoms with Crippen molar-refractivity contribution in [3.05, 3.63) is 60.4 Å².